The van der Waals surface area contributed by atoms with E-state index < -0.39 is 11.9 Å². The van der Waals surface area contributed by atoms with Crippen molar-refractivity contribution in [1.29, 1.82) is 0 Å². The molecule has 134 valence electrons. The van der Waals surface area contributed by atoms with E-state index in [0.717, 1.165) is 34.0 Å². The number of aryl methyl sites for hydroxylation is 1. The van der Waals surface area contributed by atoms with Crippen LogP contribution in [0, 0.1) is 6.20 Å². The van der Waals surface area contributed by atoms with Crippen LogP contribution in [-0.2, 0) is 30.5 Å². The van der Waals surface area contributed by atoms with E-state index in [2.05, 4.69) is 37.1 Å². The molecule has 3 aromatic heterocycles. The molecule has 0 aliphatic carbocycles. The normalized spacial score (nSPS) is 11.4. The summed E-state index contributed by atoms with van der Waals surface area (Å²) >= 11 is 5.76. The Balaban J connectivity index is 0.00000117. The van der Waals surface area contributed by atoms with E-state index in [1.807, 2.05) is 19.1 Å². The summed E-state index contributed by atoms with van der Waals surface area (Å²) in [6, 6.07) is 4.66. The third-order valence-corrected chi connectivity index (χ3v) is 4.67. The first-order valence-corrected chi connectivity index (χ1v) is 12.9. The molecular weight excluding hydrogens is 506 g/mol. The molecule has 0 N–H and O–H groups in total. The minimum atomic E-state index is -4.53. The first-order valence-electron chi connectivity index (χ1n) is 7.20. The van der Waals surface area contributed by atoms with Gasteiger partial charge in [0.15, 0.2) is 0 Å². The molecular formula is C15H11BrClF3N4SZn. The average molecular weight is 517 g/mol. The number of aromatic nitrogens is 4. The monoisotopic (exact) mass is 514 g/mol. The second-order valence-electron chi connectivity index (χ2n) is 4.89. The Hall–Kier alpha value is -0.697. The summed E-state index contributed by atoms with van der Waals surface area (Å²) in [5, 5.41) is 0. The van der Waals surface area contributed by atoms with Gasteiger partial charge in [-0.1, -0.05) is 13.1 Å². The van der Waals surface area contributed by atoms with Gasteiger partial charge in [0.05, 0.1) is 0 Å². The van der Waals surface area contributed by atoms with Crippen LogP contribution < -0.4 is 0 Å². The van der Waals surface area contributed by atoms with Gasteiger partial charge in [-0.2, -0.15) is 13.2 Å². The predicted molar refractivity (Wildman–Crippen MR) is 95.5 cm³/mol. The third-order valence-electron chi connectivity index (χ3n) is 3.30. The molecule has 0 bridgehead atoms. The number of rotatable bonds is 3. The van der Waals surface area contributed by atoms with Crippen LogP contribution in [0.1, 0.15) is 12.6 Å². The number of nitrogens with zero attached hydrogens (tertiary/aromatic N) is 4. The van der Waals surface area contributed by atoms with Gasteiger partial charge >= 0.3 is 33.2 Å². The number of alkyl halides is 3. The van der Waals surface area contributed by atoms with Crippen molar-refractivity contribution in [3.63, 3.8) is 0 Å². The molecule has 11 heteroatoms. The molecule has 0 spiro atoms. The summed E-state index contributed by atoms with van der Waals surface area (Å²) in [5.41, 5.74) is 0.179. The van der Waals surface area contributed by atoms with E-state index >= 15 is 0 Å². The molecule has 3 heterocycles. The zero-order chi connectivity index (χ0) is 19.5. The molecule has 4 nitrogen and oxygen atoms in total. The Labute approximate surface area is 174 Å². The van der Waals surface area contributed by atoms with Gasteiger partial charge in [-0.05, 0) is 44.8 Å². The molecule has 0 amide bonds. The summed E-state index contributed by atoms with van der Waals surface area (Å²) in [4.78, 5) is 13.1. The van der Waals surface area contributed by atoms with Crippen molar-refractivity contribution in [2.24, 2.45) is 7.05 Å². The first-order chi connectivity index (χ1) is 12.3. The third kappa shape index (κ3) is 4.58. The Morgan fingerprint density at radius 2 is 2.00 bits per heavy atom. The van der Waals surface area contributed by atoms with E-state index in [1.54, 1.807) is 23.4 Å². The Kier molecular flexibility index (Phi) is 7.47. The van der Waals surface area contributed by atoms with Gasteiger partial charge in [0.2, 0.25) is 0 Å². The first kappa shape index (κ1) is 21.6. The van der Waals surface area contributed by atoms with Crippen molar-refractivity contribution in [2.75, 3.05) is 5.75 Å². The molecule has 0 saturated carbocycles. The average Bonchev–Trinajstić information content (AvgIpc) is 2.94. The van der Waals surface area contributed by atoms with E-state index in [0.29, 0.717) is 21.6 Å². The number of thioether (sulfide) groups is 1. The van der Waals surface area contributed by atoms with Crippen molar-refractivity contribution in [3.8, 4) is 11.5 Å². The van der Waals surface area contributed by atoms with Crippen LogP contribution in [0.25, 0.3) is 22.6 Å². The van der Waals surface area contributed by atoms with Gasteiger partial charge in [-0.3, -0.25) is 4.98 Å². The summed E-state index contributed by atoms with van der Waals surface area (Å²) in [6.07, 6.45) is -2.09. The molecule has 26 heavy (non-hydrogen) atoms. The molecule has 0 aliphatic heterocycles. The number of hydrogen-bond donors (Lipinski definition) is 0. The topological polar surface area (TPSA) is 43.6 Å². The second kappa shape index (κ2) is 9.00. The second-order valence-corrected chi connectivity index (χ2v) is 7.01. The molecule has 0 atom stereocenters. The molecule has 0 aliphatic rings. The number of fused-ring (bicyclic) bond motifs is 1. The van der Waals surface area contributed by atoms with Gasteiger partial charge in [0, 0.05) is 17.6 Å². The van der Waals surface area contributed by atoms with Crippen molar-refractivity contribution in [2.45, 2.75) is 18.0 Å². The van der Waals surface area contributed by atoms with Crippen LogP contribution >= 0.6 is 37.4 Å². The summed E-state index contributed by atoms with van der Waals surface area (Å²) in [5.74, 6) is 1.31. The number of hydrogen-bond acceptors (Lipinski definition) is 4. The van der Waals surface area contributed by atoms with Crippen LogP contribution in [0.5, 0.6) is 0 Å². The Morgan fingerprint density at radius 1 is 1.31 bits per heavy atom. The quantitative estimate of drug-likeness (QED) is 0.202. The van der Waals surface area contributed by atoms with Crippen molar-refractivity contribution < 1.29 is 30.5 Å². The maximum absolute atomic E-state index is 12.8. The van der Waals surface area contributed by atoms with Crippen molar-refractivity contribution in [3.05, 3.63) is 34.7 Å². The van der Waals surface area contributed by atoms with E-state index in [4.69, 9.17) is 9.69 Å². The van der Waals surface area contributed by atoms with Crippen LogP contribution in [0.15, 0.2) is 27.7 Å². The molecule has 0 unspecified atom stereocenters. The van der Waals surface area contributed by atoms with Gasteiger partial charge < -0.3 is 9.55 Å². The predicted octanol–water partition coefficient (Wildman–Crippen LogP) is 5.41. The maximum atomic E-state index is 12.8. The van der Waals surface area contributed by atoms with Gasteiger partial charge in [-0.15, -0.1) is 17.8 Å². The minimum absolute atomic E-state index is 0.184. The SMILES string of the molecule is CCSc1ccc(Br)nc1-c1nc2cc(C(F)(F)F)n[c-]c2n1C.[Cl][Zn+]. The van der Waals surface area contributed by atoms with Gasteiger partial charge in [0.1, 0.15) is 16.1 Å². The van der Waals surface area contributed by atoms with E-state index in [-0.39, 0.29) is 5.52 Å². The zero-order valence-corrected chi connectivity index (χ0v) is 19.9. The molecule has 0 fully saturated rings. The number of pyridine rings is 2. The number of imidazole rings is 1. The summed E-state index contributed by atoms with van der Waals surface area (Å²) in [7, 11) is 6.47. The standard InChI is InChI=1S/C15H11BrF3N4S.ClH.Zn/c1-3-24-10-4-5-12(16)22-13(10)14-21-8-6-11(15(17,18)19)20-7-9(8)23(14)2;;/h4-6H,3H2,1-2H3;1H;/q-1;;+2/p-1. The fourth-order valence-corrected chi connectivity index (χ4v) is 3.30. The van der Waals surface area contributed by atoms with Crippen LogP contribution in [0.4, 0.5) is 13.2 Å². The number of halogens is 5. The van der Waals surface area contributed by atoms with E-state index in [9.17, 15) is 13.2 Å². The van der Waals surface area contributed by atoms with Crippen LogP contribution in [-0.4, -0.2) is 25.3 Å². The van der Waals surface area contributed by atoms with Crippen molar-refractivity contribution in [1.82, 2.24) is 19.5 Å². The fourth-order valence-electron chi connectivity index (χ4n) is 2.24. The summed E-state index contributed by atoms with van der Waals surface area (Å²) in [6.45, 7) is 2.01. The Bertz CT molecular complexity index is 920. The van der Waals surface area contributed by atoms with Gasteiger partial charge in [-0.25, -0.2) is 4.98 Å². The van der Waals surface area contributed by atoms with E-state index in [1.165, 1.54) is 0 Å². The molecule has 0 aromatic carbocycles. The van der Waals surface area contributed by atoms with Crippen molar-refractivity contribution >= 4 is 48.4 Å². The molecule has 3 aromatic rings. The van der Waals surface area contributed by atoms with Crippen LogP contribution in [0.3, 0.4) is 0 Å². The molecule has 0 radical (unpaired) electrons. The molecule has 0 saturated heterocycles. The van der Waals surface area contributed by atoms with Crippen LogP contribution in [0.2, 0.25) is 0 Å². The summed E-state index contributed by atoms with van der Waals surface area (Å²) < 4.78 is 40.8. The molecule has 3 rings (SSSR count). The zero-order valence-electron chi connectivity index (χ0n) is 13.7. The fraction of sp³-hybridized carbons (Fsp3) is 0.267. The Morgan fingerprint density at radius 3 is 2.62 bits per heavy atom. The van der Waals surface area contributed by atoms with Gasteiger partial charge in [0.25, 0.3) is 0 Å².